The van der Waals surface area contributed by atoms with E-state index in [4.69, 9.17) is 29.4 Å². The van der Waals surface area contributed by atoms with Crippen LogP contribution >= 0.6 is 0 Å². The van der Waals surface area contributed by atoms with E-state index >= 15 is 0 Å². The van der Waals surface area contributed by atoms with Gasteiger partial charge in [0, 0.05) is 42.0 Å². The van der Waals surface area contributed by atoms with Crippen LogP contribution in [0.15, 0.2) is 18.2 Å². The molecule has 270 valence electrons. The molecule has 2 fully saturated rings. The maximum absolute atomic E-state index is 13.8. The number of aliphatic carboxylic acids is 1. The Morgan fingerprint density at radius 2 is 1.65 bits per heavy atom. The maximum Gasteiger partial charge on any atom is 1.00 e. The monoisotopic (exact) mass is 725 g/mol. The average Bonchev–Trinajstić information content (AvgIpc) is 3.05. The second kappa shape index (κ2) is 14.4. The van der Waals surface area contributed by atoms with Gasteiger partial charge in [-0.1, -0.05) is 12.1 Å². The summed E-state index contributed by atoms with van der Waals surface area (Å²) < 4.78 is 28.3. The van der Waals surface area contributed by atoms with Gasteiger partial charge < -0.3 is 70.0 Å². The van der Waals surface area contributed by atoms with Crippen LogP contribution in [0.25, 0.3) is 0 Å². The number of carboxylic acids is 1. The summed E-state index contributed by atoms with van der Waals surface area (Å²) in [5.74, 6) is -5.54. The Morgan fingerprint density at radius 1 is 0.980 bits per heavy atom. The second-order valence-electron chi connectivity index (χ2n) is 13.0. The van der Waals surface area contributed by atoms with Crippen LogP contribution in [0.3, 0.4) is 0 Å². The van der Waals surface area contributed by atoms with E-state index in [2.05, 4.69) is 0 Å². The standard InChI is InChI=1S/C33H37NO16.Na/c1-10-29(49-32-28(42)26(40)27(41)30(50-32)31(43)44)14(34)7-17(47-10)48-16-9-33(45,11(2)35)8-13-19(16)25(39)21-20(23(13)37)22(36)12-5-4-6-15(46-3)18(12)24(21)38;/h4-6,10,14,16-17,26-30,32,37,39-42,45H,7-9,34H2,1-3H3,(H,43,44);/q;+1/p-1/t10-,14?,16-,17-,26-,27-,28+,29-,30-,32-,33-;/m0./s1. The van der Waals surface area contributed by atoms with Crippen molar-refractivity contribution in [1.29, 1.82) is 0 Å². The second-order valence-corrected chi connectivity index (χ2v) is 13.0. The molecule has 2 aromatic carbocycles. The van der Waals surface area contributed by atoms with Crippen LogP contribution in [0, 0.1) is 0 Å². The van der Waals surface area contributed by atoms with Crippen molar-refractivity contribution in [2.24, 2.45) is 5.73 Å². The van der Waals surface area contributed by atoms with Crippen molar-refractivity contribution in [1.82, 2.24) is 0 Å². The quantitative estimate of drug-likeness (QED) is 0.0884. The first-order valence-corrected chi connectivity index (χ1v) is 15.7. The number of Topliss-reactive ketones (excluding diaryl/α,β-unsaturated/α-hetero) is 1. The number of hydrogen-bond acceptors (Lipinski definition) is 17. The molecule has 2 aliphatic carbocycles. The first-order valence-electron chi connectivity index (χ1n) is 15.7. The molecule has 2 heterocycles. The molecule has 0 bridgehead atoms. The molecule has 2 aliphatic heterocycles. The molecular formula is C33H36NNaO16. The molecule has 0 amide bonds. The summed E-state index contributed by atoms with van der Waals surface area (Å²) in [5.41, 5.74) is 2.67. The molecule has 18 heteroatoms. The summed E-state index contributed by atoms with van der Waals surface area (Å²) in [6.07, 6.45) is -15.5. The predicted molar refractivity (Wildman–Crippen MR) is 161 cm³/mol. The summed E-state index contributed by atoms with van der Waals surface area (Å²) in [4.78, 5) is 51.6. The summed E-state index contributed by atoms with van der Waals surface area (Å²) in [7, 11) is 1.30. The summed E-state index contributed by atoms with van der Waals surface area (Å²) in [6.45, 7) is 2.61. The zero-order valence-corrected chi connectivity index (χ0v) is 30.0. The van der Waals surface area contributed by atoms with Crippen LogP contribution in [-0.4, -0.2) is 122 Å². The molecule has 0 radical (unpaired) electrons. The molecule has 51 heavy (non-hydrogen) atoms. The van der Waals surface area contributed by atoms with Gasteiger partial charge in [-0.2, -0.15) is 0 Å². The van der Waals surface area contributed by atoms with Crippen molar-refractivity contribution in [3.8, 4) is 17.2 Å². The number of nitrogens with two attached hydrogens (primary N) is 1. The molecule has 2 saturated heterocycles. The summed E-state index contributed by atoms with van der Waals surface area (Å²) in [6, 6.07) is 3.33. The Hall–Kier alpha value is -3.04. The number of carbonyl (C=O) groups is 4. The third-order valence-electron chi connectivity index (χ3n) is 9.86. The van der Waals surface area contributed by atoms with Gasteiger partial charge in [0.05, 0.1) is 42.0 Å². The fourth-order valence-corrected chi connectivity index (χ4v) is 7.17. The van der Waals surface area contributed by atoms with Crippen LogP contribution in [0.2, 0.25) is 0 Å². The smallest absolute Gasteiger partial charge is 0.547 e. The summed E-state index contributed by atoms with van der Waals surface area (Å²) >= 11 is 0. The van der Waals surface area contributed by atoms with Gasteiger partial charge in [-0.25, -0.2) is 0 Å². The van der Waals surface area contributed by atoms with Gasteiger partial charge >= 0.3 is 29.6 Å². The zero-order chi connectivity index (χ0) is 36.6. The molecule has 6 rings (SSSR count). The molecule has 4 aliphatic rings. The predicted octanol–water partition coefficient (Wildman–Crippen LogP) is -5.39. The van der Waals surface area contributed by atoms with E-state index in [9.17, 15) is 54.9 Å². The number of phenolic OH excluding ortho intramolecular Hbond substituents is 2. The Bertz CT molecular complexity index is 1760. The van der Waals surface area contributed by atoms with Crippen molar-refractivity contribution in [2.75, 3.05) is 7.11 Å². The van der Waals surface area contributed by atoms with Crippen molar-refractivity contribution >= 4 is 23.3 Å². The van der Waals surface area contributed by atoms with Crippen LogP contribution in [-0.2, 0) is 35.0 Å². The maximum atomic E-state index is 13.8. The number of carboxylic acid groups (broad SMARTS) is 1. The van der Waals surface area contributed by atoms with Crippen LogP contribution in [0.4, 0.5) is 0 Å². The fourth-order valence-electron chi connectivity index (χ4n) is 7.17. The number of fused-ring (bicyclic) bond motifs is 3. The van der Waals surface area contributed by atoms with Gasteiger partial charge in [0.15, 0.2) is 24.1 Å². The van der Waals surface area contributed by atoms with E-state index in [0.717, 1.165) is 6.92 Å². The first kappa shape index (κ1) is 39.2. The van der Waals surface area contributed by atoms with E-state index in [-0.39, 0.29) is 64.0 Å². The Labute approximate surface area is 312 Å². The third-order valence-corrected chi connectivity index (χ3v) is 9.86. The number of carbonyl (C=O) groups excluding carboxylic acids is 4. The van der Waals surface area contributed by atoms with E-state index < -0.39 is 126 Å². The van der Waals surface area contributed by atoms with Gasteiger partial charge in [0.1, 0.15) is 53.4 Å². The minimum absolute atomic E-state index is 0. The molecule has 0 aromatic heterocycles. The van der Waals surface area contributed by atoms with E-state index in [1.165, 1.54) is 32.2 Å². The van der Waals surface area contributed by atoms with E-state index in [1.54, 1.807) is 0 Å². The molecule has 1 unspecified atom stereocenters. The molecule has 0 spiro atoms. The van der Waals surface area contributed by atoms with Crippen LogP contribution in [0.5, 0.6) is 17.2 Å². The molecule has 2 aromatic rings. The molecule has 11 atom stereocenters. The Balaban J connectivity index is 0.00000504. The molecule has 0 saturated carbocycles. The number of ether oxygens (including phenoxy) is 5. The van der Waals surface area contributed by atoms with Gasteiger partial charge in [-0.3, -0.25) is 14.4 Å². The number of phenols is 2. The van der Waals surface area contributed by atoms with Crippen molar-refractivity contribution in [3.63, 3.8) is 0 Å². The van der Waals surface area contributed by atoms with Gasteiger partial charge in [-0.15, -0.1) is 0 Å². The van der Waals surface area contributed by atoms with Crippen LogP contribution in [0.1, 0.15) is 75.8 Å². The normalized spacial score (nSPS) is 34.4. The van der Waals surface area contributed by atoms with Gasteiger partial charge in [-0.05, 0) is 19.9 Å². The third kappa shape index (κ3) is 6.49. The van der Waals surface area contributed by atoms with Gasteiger partial charge in [0.25, 0.3) is 0 Å². The SMILES string of the molecule is COc1cccc2c1C(=O)c1c(O)c3c(c(O)c1C2=O)C[C@@](O)(C(C)=O)C[C@@H]3O[C@H]1CC(N)[C@@H](O[C@H]2O[C@H](C(=O)[O-])[C@@H](O)[C@H](O)[C@H]2O)[C@H](C)O1.[Na+]. The minimum Gasteiger partial charge on any atom is -0.547 e. The van der Waals surface area contributed by atoms with Crippen molar-refractivity contribution in [3.05, 3.63) is 51.6 Å². The number of aliphatic hydroxyl groups is 4. The Kier molecular flexibility index (Phi) is 11.1. The Morgan fingerprint density at radius 3 is 2.25 bits per heavy atom. The summed E-state index contributed by atoms with van der Waals surface area (Å²) in [5, 5.41) is 76.5. The molecule has 8 N–H and O–H groups in total. The average molecular weight is 726 g/mol. The van der Waals surface area contributed by atoms with Crippen molar-refractivity contribution < 1.29 is 108 Å². The first-order chi connectivity index (χ1) is 23.5. The topological polar surface area (TPSA) is 285 Å². The number of aliphatic hydroxyl groups excluding tert-OH is 3. The largest absolute Gasteiger partial charge is 1.00 e. The minimum atomic E-state index is -2.14. The number of ketones is 3. The van der Waals surface area contributed by atoms with Gasteiger partial charge in [0.2, 0.25) is 5.78 Å². The fraction of sp³-hybridized carbons (Fsp3) is 0.515. The molecular weight excluding hydrogens is 689 g/mol. The van der Waals surface area contributed by atoms with E-state index in [0.29, 0.717) is 0 Å². The number of hydrogen-bond donors (Lipinski definition) is 7. The van der Waals surface area contributed by atoms with E-state index in [1.807, 2.05) is 0 Å². The number of aromatic hydroxyl groups is 2. The number of benzene rings is 2. The molecule has 17 nitrogen and oxygen atoms in total. The van der Waals surface area contributed by atoms with Crippen LogP contribution < -0.4 is 45.1 Å². The zero-order valence-electron chi connectivity index (χ0n) is 28.0. The number of methoxy groups -OCH3 is 1. The van der Waals surface area contributed by atoms with Crippen molar-refractivity contribution in [2.45, 2.75) is 100 Å². The number of rotatable bonds is 7.